The summed E-state index contributed by atoms with van der Waals surface area (Å²) in [6.45, 7) is 19.6. The zero-order valence-corrected chi connectivity index (χ0v) is 13.2. The molecule has 4 atom stereocenters. The van der Waals surface area contributed by atoms with Crippen molar-refractivity contribution >= 4 is 0 Å². The fourth-order valence-corrected chi connectivity index (χ4v) is 4.10. The Bertz CT molecular complexity index is 244. The van der Waals surface area contributed by atoms with Crippen LogP contribution in [0.25, 0.3) is 0 Å². The van der Waals surface area contributed by atoms with E-state index in [1.807, 2.05) is 0 Å². The third kappa shape index (κ3) is 3.24. The van der Waals surface area contributed by atoms with Crippen LogP contribution in [0.1, 0.15) is 48.5 Å². The summed E-state index contributed by atoms with van der Waals surface area (Å²) in [6, 6.07) is 0. The summed E-state index contributed by atoms with van der Waals surface area (Å²) in [6.07, 6.45) is 0. The molecule has 0 aliphatic carbocycles. The fraction of sp³-hybridized carbons (Fsp3) is 1.00. The average Bonchev–Trinajstić information content (AvgIpc) is 2.14. The van der Waals surface area contributed by atoms with Gasteiger partial charge in [0.05, 0.1) is 0 Å². The summed E-state index contributed by atoms with van der Waals surface area (Å²) in [5.74, 6) is 4.08. The maximum absolute atomic E-state index is 2.54. The molecule has 0 saturated carbocycles. The summed E-state index contributed by atoms with van der Waals surface area (Å²) in [5.41, 5.74) is 0.429. The molecule has 0 aromatic heterocycles. The first kappa shape index (κ1) is 15.0. The first-order valence-corrected chi connectivity index (χ1v) is 7.35. The second kappa shape index (κ2) is 5.30. The molecule has 0 bridgehead atoms. The van der Waals surface area contributed by atoms with Crippen LogP contribution < -0.4 is 0 Å². The lowest BCUT2D eigenvalue weighted by Gasteiger charge is -2.48. The summed E-state index contributed by atoms with van der Waals surface area (Å²) in [5, 5.41) is 0. The molecule has 102 valence electrons. The molecule has 1 nitrogen and oxygen atoms in total. The van der Waals surface area contributed by atoms with Crippen molar-refractivity contribution in [2.45, 2.75) is 48.5 Å². The van der Waals surface area contributed by atoms with Gasteiger partial charge in [0.25, 0.3) is 0 Å². The van der Waals surface area contributed by atoms with Gasteiger partial charge in [-0.05, 0) is 42.1 Å². The highest BCUT2D eigenvalue weighted by Crippen LogP contribution is 2.44. The molecule has 17 heavy (non-hydrogen) atoms. The number of nitrogens with zero attached hydrogens (tertiary/aromatic N) is 1. The van der Waals surface area contributed by atoms with Crippen LogP contribution >= 0.6 is 0 Å². The van der Waals surface area contributed by atoms with E-state index < -0.39 is 0 Å². The monoisotopic (exact) mass is 239 g/mol. The molecule has 0 amide bonds. The van der Waals surface area contributed by atoms with Gasteiger partial charge in [0.15, 0.2) is 0 Å². The van der Waals surface area contributed by atoms with E-state index in [-0.39, 0.29) is 0 Å². The molecule has 4 unspecified atom stereocenters. The predicted octanol–water partition coefficient (Wildman–Crippen LogP) is 4.14. The molecule has 0 aromatic carbocycles. The van der Waals surface area contributed by atoms with Crippen molar-refractivity contribution in [1.82, 2.24) is 4.90 Å². The zero-order valence-electron chi connectivity index (χ0n) is 13.2. The average molecular weight is 239 g/mol. The molecule has 1 rings (SSSR count). The highest BCUT2D eigenvalue weighted by Gasteiger charge is 2.40. The third-order valence-electron chi connectivity index (χ3n) is 5.36. The Hall–Kier alpha value is -0.0400. The summed E-state index contributed by atoms with van der Waals surface area (Å²) < 4.78 is 0. The molecule has 0 spiro atoms. The lowest BCUT2D eigenvalue weighted by Crippen LogP contribution is -2.47. The van der Waals surface area contributed by atoms with Crippen LogP contribution in [0.3, 0.4) is 0 Å². The molecule has 1 heterocycles. The van der Waals surface area contributed by atoms with Gasteiger partial charge >= 0.3 is 0 Å². The number of hydrogen-bond donors (Lipinski definition) is 0. The molecule has 0 N–H and O–H groups in total. The van der Waals surface area contributed by atoms with Crippen LogP contribution in [0.5, 0.6) is 0 Å². The van der Waals surface area contributed by atoms with E-state index in [9.17, 15) is 0 Å². The van der Waals surface area contributed by atoms with Gasteiger partial charge in [-0.3, -0.25) is 0 Å². The topological polar surface area (TPSA) is 3.24 Å². The van der Waals surface area contributed by atoms with E-state index in [2.05, 4.69) is 60.4 Å². The second-order valence-corrected chi connectivity index (χ2v) is 7.63. The van der Waals surface area contributed by atoms with Gasteiger partial charge in [-0.2, -0.15) is 0 Å². The van der Waals surface area contributed by atoms with Crippen LogP contribution in [-0.2, 0) is 0 Å². The van der Waals surface area contributed by atoms with E-state index in [0.29, 0.717) is 5.41 Å². The van der Waals surface area contributed by atoms with Crippen molar-refractivity contribution in [2.24, 2.45) is 35.0 Å². The van der Waals surface area contributed by atoms with E-state index in [0.717, 1.165) is 29.6 Å². The Morgan fingerprint density at radius 1 is 1.12 bits per heavy atom. The SMILES string of the molecule is CC(C)C1C(C)C(C)CN(C)CC(C)(C)C1C. The second-order valence-electron chi connectivity index (χ2n) is 7.63. The van der Waals surface area contributed by atoms with Crippen LogP contribution in [0, 0.1) is 35.0 Å². The number of rotatable bonds is 1. The molecule has 1 aliphatic rings. The van der Waals surface area contributed by atoms with Crippen LogP contribution in [-0.4, -0.2) is 25.0 Å². The minimum atomic E-state index is 0.429. The summed E-state index contributed by atoms with van der Waals surface area (Å²) in [7, 11) is 2.29. The first-order chi connectivity index (χ1) is 7.66. The Kier molecular flexibility index (Phi) is 4.68. The Morgan fingerprint density at radius 2 is 1.65 bits per heavy atom. The Morgan fingerprint density at radius 3 is 2.12 bits per heavy atom. The molecular weight excluding hydrogens is 206 g/mol. The van der Waals surface area contributed by atoms with Gasteiger partial charge in [0, 0.05) is 13.1 Å². The fourth-order valence-electron chi connectivity index (χ4n) is 4.10. The van der Waals surface area contributed by atoms with E-state index in [1.165, 1.54) is 13.1 Å². The summed E-state index contributed by atoms with van der Waals surface area (Å²) >= 11 is 0. The molecule has 1 saturated heterocycles. The smallest absolute Gasteiger partial charge is 0.00324 e. The number of hydrogen-bond acceptors (Lipinski definition) is 1. The molecule has 1 fully saturated rings. The number of likely N-dealkylation sites (tertiary alicyclic amines) is 1. The normalized spacial score (nSPS) is 40.1. The van der Waals surface area contributed by atoms with E-state index in [4.69, 9.17) is 0 Å². The highest BCUT2D eigenvalue weighted by atomic mass is 15.1. The van der Waals surface area contributed by atoms with Gasteiger partial charge in [-0.1, -0.05) is 48.5 Å². The van der Waals surface area contributed by atoms with Gasteiger partial charge in [0.2, 0.25) is 0 Å². The lowest BCUT2D eigenvalue weighted by atomic mass is 9.62. The Labute approximate surface area is 109 Å². The summed E-state index contributed by atoms with van der Waals surface area (Å²) in [4.78, 5) is 2.54. The largest absolute Gasteiger partial charge is 0.306 e. The molecule has 0 aromatic rings. The lowest BCUT2D eigenvalue weighted by molar-refractivity contribution is 0.00316. The molecule has 0 radical (unpaired) electrons. The van der Waals surface area contributed by atoms with E-state index in [1.54, 1.807) is 0 Å². The maximum Gasteiger partial charge on any atom is 0.00324 e. The van der Waals surface area contributed by atoms with E-state index >= 15 is 0 Å². The van der Waals surface area contributed by atoms with Gasteiger partial charge < -0.3 is 4.90 Å². The third-order valence-corrected chi connectivity index (χ3v) is 5.36. The zero-order chi connectivity index (χ0) is 13.4. The van der Waals surface area contributed by atoms with Gasteiger partial charge in [-0.25, -0.2) is 0 Å². The van der Waals surface area contributed by atoms with Crippen molar-refractivity contribution in [2.75, 3.05) is 20.1 Å². The van der Waals surface area contributed by atoms with Crippen molar-refractivity contribution < 1.29 is 0 Å². The van der Waals surface area contributed by atoms with Crippen LogP contribution in [0.4, 0.5) is 0 Å². The minimum absolute atomic E-state index is 0.429. The van der Waals surface area contributed by atoms with Crippen molar-refractivity contribution in [1.29, 1.82) is 0 Å². The quantitative estimate of drug-likeness (QED) is 0.665. The van der Waals surface area contributed by atoms with Crippen molar-refractivity contribution in [3.63, 3.8) is 0 Å². The first-order valence-electron chi connectivity index (χ1n) is 7.35. The predicted molar refractivity (Wildman–Crippen MR) is 77.1 cm³/mol. The minimum Gasteiger partial charge on any atom is -0.306 e. The maximum atomic E-state index is 2.54. The highest BCUT2D eigenvalue weighted by molar-refractivity contribution is 4.90. The standard InChI is InChI=1S/C16H33N/c1-11(2)15-13(4)12(3)9-17(8)10-16(6,7)14(15)5/h11-15H,9-10H2,1-8H3. The van der Waals surface area contributed by atoms with Crippen LogP contribution in [0.15, 0.2) is 0 Å². The van der Waals surface area contributed by atoms with Crippen molar-refractivity contribution in [3.05, 3.63) is 0 Å². The molecular formula is C16H33N. The molecule has 1 aliphatic heterocycles. The Balaban J connectivity index is 3.01. The van der Waals surface area contributed by atoms with Gasteiger partial charge in [0.1, 0.15) is 0 Å². The van der Waals surface area contributed by atoms with Crippen molar-refractivity contribution in [3.8, 4) is 0 Å². The molecule has 1 heteroatoms. The van der Waals surface area contributed by atoms with Gasteiger partial charge in [-0.15, -0.1) is 0 Å². The van der Waals surface area contributed by atoms with Crippen LogP contribution in [0.2, 0.25) is 0 Å².